The Morgan fingerprint density at radius 2 is 1.62 bits per heavy atom. The standard InChI is InChI=1S/C15H16ClNO3.C10H7ClN2O/c1-5-10-11-7-6-9(16)8-12(11)17(13(10)18)14(19)20-15(2,3)4;11-8-2-4-9(5-3-8)14-10-12-6-1-7-13-10/h5-8H,1-4H3;1-7H/b10-5+;. The molecule has 34 heavy (non-hydrogen) atoms. The first kappa shape index (κ1) is 25.2. The molecular weight excluding hydrogens is 477 g/mol. The van der Waals surface area contributed by atoms with Gasteiger partial charge in [0.15, 0.2) is 0 Å². The Morgan fingerprint density at radius 1 is 1.00 bits per heavy atom. The van der Waals surface area contributed by atoms with Crippen LogP contribution in [0.2, 0.25) is 10.0 Å². The van der Waals surface area contributed by atoms with Crippen LogP contribution in [0.1, 0.15) is 33.3 Å². The zero-order chi connectivity index (χ0) is 24.9. The van der Waals surface area contributed by atoms with Crippen LogP contribution in [0, 0.1) is 0 Å². The van der Waals surface area contributed by atoms with Gasteiger partial charge in [0, 0.05) is 33.6 Å². The molecule has 1 aliphatic rings. The highest BCUT2D eigenvalue weighted by Gasteiger charge is 2.38. The number of nitrogens with zero attached hydrogens (tertiary/aromatic N) is 3. The summed E-state index contributed by atoms with van der Waals surface area (Å²) >= 11 is 11.7. The molecule has 176 valence electrons. The average Bonchev–Trinajstić information content (AvgIpc) is 3.05. The molecule has 0 spiro atoms. The number of hydrogen-bond donors (Lipinski definition) is 0. The van der Waals surface area contributed by atoms with Crippen LogP contribution >= 0.6 is 23.2 Å². The number of hydrogen-bond acceptors (Lipinski definition) is 6. The first-order valence-corrected chi connectivity index (χ1v) is 11.1. The summed E-state index contributed by atoms with van der Waals surface area (Å²) in [6, 6.07) is 14.1. The molecule has 0 radical (unpaired) electrons. The Labute approximate surface area is 207 Å². The molecule has 1 aromatic heterocycles. The molecule has 0 aliphatic carbocycles. The fourth-order valence-corrected chi connectivity index (χ4v) is 3.27. The minimum atomic E-state index is -0.692. The monoisotopic (exact) mass is 499 g/mol. The summed E-state index contributed by atoms with van der Waals surface area (Å²) in [5.74, 6) is 0.277. The molecule has 0 unspecified atom stereocenters. The predicted octanol–water partition coefficient (Wildman–Crippen LogP) is 6.95. The second kappa shape index (κ2) is 10.7. The third-order valence-electron chi connectivity index (χ3n) is 4.35. The number of benzene rings is 2. The van der Waals surface area contributed by atoms with Crippen LogP contribution < -0.4 is 9.64 Å². The third-order valence-corrected chi connectivity index (χ3v) is 4.84. The van der Waals surface area contributed by atoms with Crippen molar-refractivity contribution in [3.05, 3.63) is 82.6 Å². The van der Waals surface area contributed by atoms with E-state index in [1.165, 1.54) is 0 Å². The summed E-state index contributed by atoms with van der Waals surface area (Å²) in [5, 5.41) is 1.13. The molecule has 3 aromatic rings. The van der Waals surface area contributed by atoms with Gasteiger partial charge in [0.05, 0.1) is 5.69 Å². The van der Waals surface area contributed by atoms with Crippen LogP contribution in [0.15, 0.2) is 67.0 Å². The molecule has 2 amide bonds. The molecular formula is C25H23Cl2N3O4. The van der Waals surface area contributed by atoms with Gasteiger partial charge in [0.2, 0.25) is 0 Å². The number of aromatic nitrogens is 2. The van der Waals surface area contributed by atoms with E-state index in [1.54, 1.807) is 94.7 Å². The van der Waals surface area contributed by atoms with E-state index in [2.05, 4.69) is 9.97 Å². The largest absolute Gasteiger partial charge is 0.443 e. The summed E-state index contributed by atoms with van der Waals surface area (Å²) in [6.45, 7) is 7.01. The molecule has 2 heterocycles. The van der Waals surface area contributed by atoms with Crippen molar-refractivity contribution in [3.63, 3.8) is 0 Å². The molecule has 0 saturated heterocycles. The van der Waals surface area contributed by atoms with Gasteiger partial charge < -0.3 is 9.47 Å². The number of rotatable bonds is 2. The van der Waals surface area contributed by atoms with Gasteiger partial charge in [-0.3, -0.25) is 4.79 Å². The molecule has 4 rings (SSSR count). The van der Waals surface area contributed by atoms with Crippen molar-refractivity contribution in [2.75, 3.05) is 4.90 Å². The van der Waals surface area contributed by atoms with Crippen LogP contribution in [-0.4, -0.2) is 27.6 Å². The first-order chi connectivity index (χ1) is 16.1. The zero-order valence-electron chi connectivity index (χ0n) is 19.1. The Hall–Kier alpha value is -3.42. The van der Waals surface area contributed by atoms with E-state index in [9.17, 15) is 9.59 Å². The minimum Gasteiger partial charge on any atom is -0.443 e. The van der Waals surface area contributed by atoms with Crippen molar-refractivity contribution in [2.24, 2.45) is 0 Å². The van der Waals surface area contributed by atoms with Crippen LogP contribution in [0.5, 0.6) is 11.8 Å². The number of anilines is 1. The maximum atomic E-state index is 12.3. The van der Waals surface area contributed by atoms with Gasteiger partial charge >= 0.3 is 12.1 Å². The molecule has 2 aromatic carbocycles. The van der Waals surface area contributed by atoms with E-state index in [-0.39, 0.29) is 5.91 Å². The Morgan fingerprint density at radius 3 is 2.21 bits per heavy atom. The molecule has 0 N–H and O–H groups in total. The number of allylic oxidation sites excluding steroid dienone is 1. The van der Waals surface area contributed by atoms with Crippen LogP contribution in [0.25, 0.3) is 5.57 Å². The van der Waals surface area contributed by atoms with Gasteiger partial charge in [-0.1, -0.05) is 35.3 Å². The number of ether oxygens (including phenoxy) is 2. The fraction of sp³-hybridized carbons (Fsp3) is 0.200. The lowest BCUT2D eigenvalue weighted by atomic mass is 10.1. The lowest BCUT2D eigenvalue weighted by Gasteiger charge is -2.23. The van der Waals surface area contributed by atoms with Crippen LogP contribution in [0.3, 0.4) is 0 Å². The third kappa shape index (κ3) is 6.34. The molecule has 7 nitrogen and oxygen atoms in total. The van der Waals surface area contributed by atoms with Crippen molar-refractivity contribution in [3.8, 4) is 11.8 Å². The van der Waals surface area contributed by atoms with Gasteiger partial charge in [0.25, 0.3) is 5.91 Å². The maximum absolute atomic E-state index is 12.3. The molecule has 0 atom stereocenters. The summed E-state index contributed by atoms with van der Waals surface area (Å²) in [4.78, 5) is 33.5. The first-order valence-electron chi connectivity index (χ1n) is 10.3. The number of amides is 2. The van der Waals surface area contributed by atoms with Gasteiger partial charge in [-0.05, 0) is 70.2 Å². The second-order valence-corrected chi connectivity index (χ2v) is 8.94. The number of imide groups is 1. The van der Waals surface area contributed by atoms with Gasteiger partial charge in [0.1, 0.15) is 11.4 Å². The Balaban J connectivity index is 0.000000202. The van der Waals surface area contributed by atoms with E-state index < -0.39 is 11.7 Å². The summed E-state index contributed by atoms with van der Waals surface area (Å²) in [6.07, 6.45) is 4.23. The van der Waals surface area contributed by atoms with Crippen molar-refractivity contribution < 1.29 is 19.1 Å². The van der Waals surface area contributed by atoms with Crippen LogP contribution in [-0.2, 0) is 9.53 Å². The van der Waals surface area contributed by atoms with Crippen molar-refractivity contribution in [2.45, 2.75) is 33.3 Å². The highest BCUT2D eigenvalue weighted by atomic mass is 35.5. The van der Waals surface area contributed by atoms with E-state index in [4.69, 9.17) is 32.7 Å². The van der Waals surface area contributed by atoms with Gasteiger partial charge in [-0.2, -0.15) is 0 Å². The average molecular weight is 500 g/mol. The van der Waals surface area contributed by atoms with E-state index in [0.717, 1.165) is 4.90 Å². The van der Waals surface area contributed by atoms with E-state index in [1.807, 2.05) is 0 Å². The Bertz CT molecular complexity index is 1210. The number of carbonyl (C=O) groups is 2. The molecule has 1 aliphatic heterocycles. The topological polar surface area (TPSA) is 81.6 Å². The van der Waals surface area contributed by atoms with Gasteiger partial charge in [-0.15, -0.1) is 0 Å². The summed E-state index contributed by atoms with van der Waals surface area (Å²) in [5.41, 5.74) is 0.953. The van der Waals surface area contributed by atoms with Crippen molar-refractivity contribution in [1.82, 2.24) is 9.97 Å². The van der Waals surface area contributed by atoms with Crippen molar-refractivity contribution in [1.29, 1.82) is 0 Å². The summed E-state index contributed by atoms with van der Waals surface area (Å²) < 4.78 is 10.6. The molecule has 0 fully saturated rings. The van der Waals surface area contributed by atoms with Crippen molar-refractivity contribution >= 4 is 46.5 Å². The SMILES string of the molecule is C/C=C1/C(=O)N(C(=O)OC(C)(C)C)c2cc(Cl)ccc21.Clc1ccc(Oc2ncccn2)cc1. The van der Waals surface area contributed by atoms with Gasteiger partial charge in [-0.25, -0.2) is 19.7 Å². The minimum absolute atomic E-state index is 0.329. The second-order valence-electron chi connectivity index (χ2n) is 8.07. The smallest absolute Gasteiger partial charge is 0.422 e. The van der Waals surface area contributed by atoms with E-state index in [0.29, 0.717) is 38.6 Å². The lowest BCUT2D eigenvalue weighted by Crippen LogP contribution is -2.38. The van der Waals surface area contributed by atoms with E-state index >= 15 is 0 Å². The lowest BCUT2D eigenvalue weighted by molar-refractivity contribution is -0.112. The fourth-order valence-electron chi connectivity index (χ4n) is 2.98. The number of carbonyl (C=O) groups excluding carboxylic acids is 2. The Kier molecular flexibility index (Phi) is 7.91. The maximum Gasteiger partial charge on any atom is 0.422 e. The highest BCUT2D eigenvalue weighted by molar-refractivity contribution is 6.40. The highest BCUT2D eigenvalue weighted by Crippen LogP contribution is 2.39. The quantitative estimate of drug-likeness (QED) is 0.354. The van der Waals surface area contributed by atoms with Crippen LogP contribution in [0.4, 0.5) is 10.5 Å². The zero-order valence-corrected chi connectivity index (χ0v) is 20.6. The molecule has 9 heteroatoms. The number of halogens is 2. The molecule has 0 bridgehead atoms. The molecule has 0 saturated carbocycles. The normalized spacial score (nSPS) is 13.8. The summed E-state index contributed by atoms with van der Waals surface area (Å²) in [7, 11) is 0. The predicted molar refractivity (Wildman–Crippen MR) is 132 cm³/mol. The number of fused-ring (bicyclic) bond motifs is 1.